The fourth-order valence-electron chi connectivity index (χ4n) is 1.76. The van der Waals surface area contributed by atoms with Crippen LogP contribution in [0.1, 0.15) is 5.69 Å². The van der Waals surface area contributed by atoms with E-state index in [0.29, 0.717) is 11.6 Å². The summed E-state index contributed by atoms with van der Waals surface area (Å²) in [6.45, 7) is 0.650. The molecule has 0 fully saturated rings. The molecule has 2 heterocycles. The van der Waals surface area contributed by atoms with E-state index in [1.807, 2.05) is 13.1 Å². The zero-order valence-corrected chi connectivity index (χ0v) is 11.0. The largest absolute Gasteiger partial charge is 0.314 e. The highest BCUT2D eigenvalue weighted by atomic mass is 35.5. The van der Waals surface area contributed by atoms with E-state index in [4.69, 9.17) is 11.6 Å². The Bertz CT molecular complexity index is 691. The van der Waals surface area contributed by atoms with Gasteiger partial charge in [0.05, 0.1) is 28.6 Å². The molecule has 1 N–H and O–H groups in total. The summed E-state index contributed by atoms with van der Waals surface area (Å²) in [5.74, 6) is 0. The van der Waals surface area contributed by atoms with Crippen LogP contribution in [0.4, 0.5) is 0 Å². The van der Waals surface area contributed by atoms with Gasteiger partial charge in [-0.15, -0.1) is 5.10 Å². The van der Waals surface area contributed by atoms with Gasteiger partial charge in [0, 0.05) is 6.54 Å². The molecule has 0 aliphatic carbocycles. The van der Waals surface area contributed by atoms with Gasteiger partial charge >= 0.3 is 0 Å². The topological polar surface area (TPSA) is 68.5 Å². The minimum Gasteiger partial charge on any atom is -0.314 e. The van der Waals surface area contributed by atoms with Crippen molar-refractivity contribution in [1.29, 1.82) is 0 Å². The smallest absolute Gasteiger partial charge is 0.132 e. The van der Waals surface area contributed by atoms with E-state index in [0.717, 1.165) is 34.1 Å². The molecule has 0 atom stereocenters. The molecule has 0 radical (unpaired) electrons. The number of fused-ring (bicyclic) bond motifs is 1. The second-order valence-electron chi connectivity index (χ2n) is 3.70. The summed E-state index contributed by atoms with van der Waals surface area (Å²) >= 11 is 7.41. The van der Waals surface area contributed by atoms with Gasteiger partial charge in [-0.2, -0.15) is 8.75 Å². The lowest BCUT2D eigenvalue weighted by Crippen LogP contribution is -2.11. The average molecular weight is 281 g/mol. The second-order valence-corrected chi connectivity index (χ2v) is 4.63. The van der Waals surface area contributed by atoms with Crippen LogP contribution in [0.2, 0.25) is 5.02 Å². The maximum absolute atomic E-state index is 6.25. The fourth-order valence-corrected chi connectivity index (χ4v) is 2.53. The first-order chi connectivity index (χ1) is 8.81. The molecular weight excluding hydrogens is 272 g/mol. The Kier molecular flexibility index (Phi) is 2.94. The Labute approximate surface area is 112 Å². The standard InChI is InChI=1S/C10H9ClN6S/c1-12-4-6-5-13-16-17(6)10-7(11)2-3-8-9(10)15-18-14-8/h2-3,5,12H,4H2,1H3. The van der Waals surface area contributed by atoms with Crippen LogP contribution in [-0.4, -0.2) is 30.8 Å². The molecule has 18 heavy (non-hydrogen) atoms. The van der Waals surface area contributed by atoms with Gasteiger partial charge in [-0.25, -0.2) is 4.68 Å². The summed E-state index contributed by atoms with van der Waals surface area (Å²) in [6.07, 6.45) is 1.70. The van der Waals surface area contributed by atoms with Crippen LogP contribution in [0.3, 0.4) is 0 Å². The van der Waals surface area contributed by atoms with Crippen LogP contribution in [0.25, 0.3) is 16.7 Å². The predicted molar refractivity (Wildman–Crippen MR) is 70.1 cm³/mol. The predicted octanol–water partition coefficient (Wildman–Crippen LogP) is 1.64. The van der Waals surface area contributed by atoms with Crippen molar-refractivity contribution < 1.29 is 0 Å². The zero-order chi connectivity index (χ0) is 12.5. The second kappa shape index (κ2) is 4.60. The highest BCUT2D eigenvalue weighted by Gasteiger charge is 2.15. The van der Waals surface area contributed by atoms with Crippen molar-refractivity contribution in [3.8, 4) is 5.69 Å². The van der Waals surface area contributed by atoms with E-state index in [-0.39, 0.29) is 0 Å². The lowest BCUT2D eigenvalue weighted by atomic mass is 10.2. The van der Waals surface area contributed by atoms with Crippen LogP contribution in [0, 0.1) is 0 Å². The van der Waals surface area contributed by atoms with Crippen molar-refractivity contribution in [2.24, 2.45) is 0 Å². The first-order valence-electron chi connectivity index (χ1n) is 5.26. The Balaban J connectivity index is 2.26. The number of rotatable bonds is 3. The van der Waals surface area contributed by atoms with Crippen molar-refractivity contribution in [2.45, 2.75) is 6.54 Å². The third kappa shape index (κ3) is 1.76. The zero-order valence-electron chi connectivity index (χ0n) is 9.46. The summed E-state index contributed by atoms with van der Waals surface area (Å²) < 4.78 is 10.2. The highest BCUT2D eigenvalue weighted by molar-refractivity contribution is 7.00. The molecule has 3 aromatic rings. The van der Waals surface area contributed by atoms with E-state index in [1.165, 1.54) is 0 Å². The van der Waals surface area contributed by atoms with Crippen LogP contribution < -0.4 is 5.32 Å². The molecule has 0 amide bonds. The monoisotopic (exact) mass is 280 g/mol. The SMILES string of the molecule is CNCc1cnnn1-c1c(Cl)ccc2nsnc12. The molecule has 2 aromatic heterocycles. The number of hydrogen-bond acceptors (Lipinski definition) is 6. The van der Waals surface area contributed by atoms with Crippen LogP contribution in [0.15, 0.2) is 18.3 Å². The van der Waals surface area contributed by atoms with Gasteiger partial charge in [0.2, 0.25) is 0 Å². The third-order valence-corrected chi connectivity index (χ3v) is 3.39. The van der Waals surface area contributed by atoms with Gasteiger partial charge in [-0.05, 0) is 19.2 Å². The lowest BCUT2D eigenvalue weighted by molar-refractivity contribution is 0.716. The van der Waals surface area contributed by atoms with E-state index in [1.54, 1.807) is 16.9 Å². The number of benzene rings is 1. The average Bonchev–Trinajstić information content (AvgIpc) is 2.98. The van der Waals surface area contributed by atoms with Crippen LogP contribution >= 0.6 is 23.3 Å². The Hall–Kier alpha value is -1.57. The van der Waals surface area contributed by atoms with E-state index < -0.39 is 0 Å². The molecule has 1 aromatic carbocycles. The molecule has 3 rings (SSSR count). The summed E-state index contributed by atoms with van der Waals surface area (Å²) in [5.41, 5.74) is 3.20. The van der Waals surface area contributed by atoms with Crippen LogP contribution in [0.5, 0.6) is 0 Å². The van der Waals surface area contributed by atoms with Crippen molar-refractivity contribution in [3.05, 3.63) is 29.0 Å². The van der Waals surface area contributed by atoms with Gasteiger partial charge in [0.1, 0.15) is 16.7 Å². The molecule has 0 spiro atoms. The van der Waals surface area contributed by atoms with E-state index in [2.05, 4.69) is 24.4 Å². The minimum absolute atomic E-state index is 0.582. The van der Waals surface area contributed by atoms with Gasteiger partial charge in [-0.1, -0.05) is 16.8 Å². The molecule has 0 unspecified atom stereocenters. The lowest BCUT2D eigenvalue weighted by Gasteiger charge is -2.07. The molecule has 0 aliphatic rings. The molecule has 0 aliphatic heterocycles. The summed E-state index contributed by atoms with van der Waals surface area (Å²) in [6, 6.07) is 3.64. The number of halogens is 1. The number of nitrogens with one attached hydrogen (secondary N) is 1. The summed E-state index contributed by atoms with van der Waals surface area (Å²) in [7, 11) is 1.87. The van der Waals surface area contributed by atoms with Gasteiger partial charge < -0.3 is 5.32 Å². The number of aromatic nitrogens is 5. The third-order valence-electron chi connectivity index (χ3n) is 2.54. The quantitative estimate of drug-likeness (QED) is 0.790. The van der Waals surface area contributed by atoms with Crippen molar-refractivity contribution in [2.75, 3.05) is 7.05 Å². The Morgan fingerprint density at radius 1 is 1.39 bits per heavy atom. The van der Waals surface area contributed by atoms with E-state index >= 15 is 0 Å². The van der Waals surface area contributed by atoms with Crippen molar-refractivity contribution >= 4 is 34.4 Å². The van der Waals surface area contributed by atoms with E-state index in [9.17, 15) is 0 Å². The maximum Gasteiger partial charge on any atom is 0.132 e. The van der Waals surface area contributed by atoms with Gasteiger partial charge in [0.15, 0.2) is 0 Å². The fraction of sp³-hybridized carbons (Fsp3) is 0.200. The summed E-state index contributed by atoms with van der Waals surface area (Å²) in [5, 5.41) is 11.6. The minimum atomic E-state index is 0.582. The Morgan fingerprint density at radius 3 is 3.11 bits per heavy atom. The maximum atomic E-state index is 6.25. The van der Waals surface area contributed by atoms with Gasteiger partial charge in [0.25, 0.3) is 0 Å². The van der Waals surface area contributed by atoms with Crippen molar-refractivity contribution in [3.63, 3.8) is 0 Å². The summed E-state index contributed by atoms with van der Waals surface area (Å²) in [4.78, 5) is 0. The molecule has 8 heteroatoms. The first kappa shape index (κ1) is 11.5. The molecule has 6 nitrogen and oxygen atoms in total. The molecular formula is C10H9ClN6S. The van der Waals surface area contributed by atoms with Crippen molar-refractivity contribution in [1.82, 2.24) is 29.1 Å². The molecule has 0 saturated heterocycles. The molecule has 92 valence electrons. The highest BCUT2D eigenvalue weighted by Crippen LogP contribution is 2.28. The Morgan fingerprint density at radius 2 is 2.28 bits per heavy atom. The molecule has 0 saturated carbocycles. The first-order valence-corrected chi connectivity index (χ1v) is 6.37. The number of hydrogen-bond donors (Lipinski definition) is 1. The molecule has 0 bridgehead atoms. The van der Waals surface area contributed by atoms with Crippen LogP contribution in [-0.2, 0) is 6.54 Å². The number of nitrogens with zero attached hydrogens (tertiary/aromatic N) is 5. The van der Waals surface area contributed by atoms with Gasteiger partial charge in [-0.3, -0.25) is 0 Å². The normalized spacial score (nSPS) is 11.2.